The maximum absolute atomic E-state index is 12.5. The van der Waals surface area contributed by atoms with Crippen molar-refractivity contribution in [1.82, 2.24) is 4.90 Å². The molecule has 3 heterocycles. The summed E-state index contributed by atoms with van der Waals surface area (Å²) in [5.41, 5.74) is 1.39. The van der Waals surface area contributed by atoms with Gasteiger partial charge in [0.1, 0.15) is 5.00 Å². The topological polar surface area (TPSA) is 102 Å². The Labute approximate surface area is 175 Å². The van der Waals surface area contributed by atoms with Gasteiger partial charge in [-0.2, -0.15) is 0 Å². The summed E-state index contributed by atoms with van der Waals surface area (Å²) in [7, 11) is 0. The average molecular weight is 436 g/mol. The van der Waals surface area contributed by atoms with E-state index in [1.165, 1.54) is 29.6 Å². The van der Waals surface area contributed by atoms with Gasteiger partial charge in [-0.25, -0.2) is 4.79 Å². The number of thiophene rings is 2. The lowest BCUT2D eigenvalue weighted by atomic mass is 10.0. The van der Waals surface area contributed by atoms with E-state index in [-0.39, 0.29) is 11.6 Å². The highest BCUT2D eigenvalue weighted by atomic mass is 32.1. The average Bonchev–Trinajstić information content (AvgIpc) is 3.30. The van der Waals surface area contributed by atoms with Gasteiger partial charge in [-0.3, -0.25) is 19.8 Å². The van der Waals surface area contributed by atoms with Crippen LogP contribution in [0.2, 0.25) is 0 Å². The molecule has 0 unspecified atom stereocenters. The van der Waals surface area contributed by atoms with E-state index in [1.54, 1.807) is 13.0 Å². The Morgan fingerprint density at radius 2 is 2.14 bits per heavy atom. The molecule has 0 aromatic carbocycles. The lowest BCUT2D eigenvalue weighted by Crippen LogP contribution is -2.30. The number of nitro groups is 1. The number of ether oxygens (including phenoxy) is 1. The SMILES string of the molecule is CCOC(=O)c1c(NC(=O)C=Cc2ccc([N+](=O)[O-])s2)sc2c1CCN(CC)C2. The molecule has 0 atom stereocenters. The molecule has 0 saturated carbocycles. The molecule has 10 heteroatoms. The molecular formula is C19H21N3O5S2. The Bertz CT molecular complexity index is 963. The number of amides is 1. The van der Waals surface area contributed by atoms with Crippen molar-refractivity contribution in [2.75, 3.05) is 25.0 Å². The molecule has 0 bridgehead atoms. The lowest BCUT2D eigenvalue weighted by molar-refractivity contribution is -0.380. The first kappa shape index (κ1) is 21.2. The molecule has 0 radical (unpaired) electrons. The third kappa shape index (κ3) is 4.89. The van der Waals surface area contributed by atoms with Crippen LogP contribution in [0.1, 0.15) is 39.5 Å². The summed E-state index contributed by atoms with van der Waals surface area (Å²) in [6.07, 6.45) is 3.56. The molecule has 1 N–H and O–H groups in total. The number of hydrogen-bond donors (Lipinski definition) is 1. The van der Waals surface area contributed by atoms with Gasteiger partial charge in [-0.1, -0.05) is 18.3 Å². The monoisotopic (exact) mass is 435 g/mol. The molecule has 0 spiro atoms. The molecule has 0 aliphatic carbocycles. The van der Waals surface area contributed by atoms with Crippen molar-refractivity contribution in [2.24, 2.45) is 0 Å². The Morgan fingerprint density at radius 1 is 1.34 bits per heavy atom. The summed E-state index contributed by atoms with van der Waals surface area (Å²) in [5.74, 6) is -0.833. The Balaban J connectivity index is 1.80. The minimum atomic E-state index is -0.469. The van der Waals surface area contributed by atoms with Crippen molar-refractivity contribution < 1.29 is 19.2 Å². The highest BCUT2D eigenvalue weighted by Crippen LogP contribution is 2.37. The molecule has 0 saturated heterocycles. The minimum Gasteiger partial charge on any atom is -0.462 e. The molecular weight excluding hydrogens is 414 g/mol. The zero-order valence-electron chi connectivity index (χ0n) is 16.1. The molecule has 1 amide bonds. The van der Waals surface area contributed by atoms with Gasteiger partial charge in [-0.05, 0) is 37.6 Å². The van der Waals surface area contributed by atoms with Crippen LogP contribution in [0, 0.1) is 10.1 Å². The normalized spacial score (nSPS) is 14.0. The second-order valence-corrected chi connectivity index (χ2v) is 8.50. The molecule has 0 fully saturated rings. The molecule has 29 heavy (non-hydrogen) atoms. The molecule has 1 aliphatic heterocycles. The number of likely N-dealkylation sites (N-methyl/N-ethyl adjacent to an activating group) is 1. The number of rotatable bonds is 7. The lowest BCUT2D eigenvalue weighted by Gasteiger charge is -2.25. The fourth-order valence-corrected chi connectivity index (χ4v) is 5.08. The number of carbonyl (C=O) groups excluding carboxylic acids is 2. The maximum atomic E-state index is 12.5. The summed E-state index contributed by atoms with van der Waals surface area (Å²) in [4.78, 5) is 39.2. The van der Waals surface area contributed by atoms with E-state index in [1.807, 2.05) is 0 Å². The van der Waals surface area contributed by atoms with Crippen molar-refractivity contribution >= 4 is 50.6 Å². The van der Waals surface area contributed by atoms with Crippen LogP contribution in [0.3, 0.4) is 0 Å². The van der Waals surface area contributed by atoms with E-state index in [0.29, 0.717) is 15.4 Å². The quantitative estimate of drug-likeness (QED) is 0.306. The smallest absolute Gasteiger partial charge is 0.341 e. The van der Waals surface area contributed by atoms with Gasteiger partial charge in [0.15, 0.2) is 0 Å². The van der Waals surface area contributed by atoms with Crippen molar-refractivity contribution in [3.8, 4) is 0 Å². The van der Waals surface area contributed by atoms with E-state index >= 15 is 0 Å². The van der Waals surface area contributed by atoms with Crippen molar-refractivity contribution in [1.29, 1.82) is 0 Å². The minimum absolute atomic E-state index is 0.0149. The van der Waals surface area contributed by atoms with Crippen LogP contribution in [0.5, 0.6) is 0 Å². The molecule has 2 aromatic heterocycles. The predicted molar refractivity (Wildman–Crippen MR) is 114 cm³/mol. The number of esters is 1. The van der Waals surface area contributed by atoms with Gasteiger partial charge >= 0.3 is 11.0 Å². The third-order valence-corrected chi connectivity index (χ3v) is 6.63. The van der Waals surface area contributed by atoms with E-state index in [9.17, 15) is 19.7 Å². The fourth-order valence-electron chi connectivity index (χ4n) is 3.07. The van der Waals surface area contributed by atoms with Crippen molar-refractivity contribution in [3.05, 3.63) is 49.2 Å². The summed E-state index contributed by atoms with van der Waals surface area (Å²) < 4.78 is 5.20. The summed E-state index contributed by atoms with van der Waals surface area (Å²) in [6.45, 7) is 6.62. The second-order valence-electron chi connectivity index (χ2n) is 6.30. The van der Waals surface area contributed by atoms with E-state index in [2.05, 4.69) is 17.1 Å². The van der Waals surface area contributed by atoms with Crippen LogP contribution in [0.15, 0.2) is 18.2 Å². The van der Waals surface area contributed by atoms with Gasteiger partial charge in [-0.15, -0.1) is 11.3 Å². The van der Waals surface area contributed by atoms with Crippen LogP contribution < -0.4 is 5.32 Å². The third-order valence-electron chi connectivity index (χ3n) is 4.49. The van der Waals surface area contributed by atoms with Crippen LogP contribution in [0.4, 0.5) is 10.0 Å². The van der Waals surface area contributed by atoms with E-state index in [4.69, 9.17) is 4.74 Å². The first-order valence-electron chi connectivity index (χ1n) is 9.20. The van der Waals surface area contributed by atoms with Crippen LogP contribution in [-0.2, 0) is 22.5 Å². The largest absolute Gasteiger partial charge is 0.462 e. The summed E-state index contributed by atoms with van der Waals surface area (Å²) in [6, 6.07) is 2.98. The Hall–Kier alpha value is -2.56. The molecule has 154 valence electrons. The first-order chi connectivity index (χ1) is 13.9. The molecule has 2 aromatic rings. The van der Waals surface area contributed by atoms with E-state index < -0.39 is 16.8 Å². The van der Waals surface area contributed by atoms with Crippen LogP contribution in [-0.4, -0.2) is 41.4 Å². The molecule has 8 nitrogen and oxygen atoms in total. The fraction of sp³-hybridized carbons (Fsp3) is 0.368. The number of fused-ring (bicyclic) bond motifs is 1. The molecule has 1 aliphatic rings. The van der Waals surface area contributed by atoms with Crippen molar-refractivity contribution in [2.45, 2.75) is 26.8 Å². The second kappa shape index (κ2) is 9.29. The number of anilines is 1. The zero-order valence-corrected chi connectivity index (χ0v) is 17.7. The van der Waals surface area contributed by atoms with E-state index in [0.717, 1.165) is 47.8 Å². The standard InChI is InChI=1S/C19H21N3O5S2/c1-3-21-10-9-13-14(11-21)29-18(17(13)19(24)27-4-2)20-15(23)7-5-12-6-8-16(28-12)22(25)26/h5-8H,3-4,9-11H2,1-2H3,(H,20,23). The Kier molecular flexibility index (Phi) is 6.78. The van der Waals surface area contributed by atoms with Crippen molar-refractivity contribution in [3.63, 3.8) is 0 Å². The number of nitrogens with one attached hydrogen (secondary N) is 1. The van der Waals surface area contributed by atoms with Gasteiger partial charge in [0.05, 0.1) is 17.1 Å². The van der Waals surface area contributed by atoms with Crippen LogP contribution in [0.25, 0.3) is 6.08 Å². The molecule has 3 rings (SSSR count). The Morgan fingerprint density at radius 3 is 2.79 bits per heavy atom. The van der Waals surface area contributed by atoms with Crippen LogP contribution >= 0.6 is 22.7 Å². The maximum Gasteiger partial charge on any atom is 0.341 e. The summed E-state index contributed by atoms with van der Waals surface area (Å²) in [5, 5.41) is 14.0. The van der Waals surface area contributed by atoms with Gasteiger partial charge in [0, 0.05) is 35.0 Å². The number of carbonyl (C=O) groups is 2. The zero-order chi connectivity index (χ0) is 21.0. The highest BCUT2D eigenvalue weighted by molar-refractivity contribution is 7.17. The number of nitrogens with zero attached hydrogens (tertiary/aromatic N) is 2. The van der Waals surface area contributed by atoms with Gasteiger partial charge in [0.25, 0.3) is 0 Å². The summed E-state index contributed by atoms with van der Waals surface area (Å²) >= 11 is 2.38. The number of hydrogen-bond acceptors (Lipinski definition) is 8. The first-order valence-corrected chi connectivity index (χ1v) is 10.8. The highest BCUT2D eigenvalue weighted by Gasteiger charge is 2.28. The predicted octanol–water partition coefficient (Wildman–Crippen LogP) is 3.92. The van der Waals surface area contributed by atoms with Gasteiger partial charge in [0.2, 0.25) is 5.91 Å². The van der Waals surface area contributed by atoms with Gasteiger partial charge < -0.3 is 10.1 Å².